The number of benzene rings is 4. The largest absolute Gasteiger partial charge is 0.493 e. The fourth-order valence-corrected chi connectivity index (χ4v) is 6.15. The van der Waals surface area contributed by atoms with E-state index >= 15 is 0 Å². The summed E-state index contributed by atoms with van der Waals surface area (Å²) in [6, 6.07) is 33.8. The van der Waals surface area contributed by atoms with E-state index in [0.717, 1.165) is 46.5 Å². The third-order valence-corrected chi connectivity index (χ3v) is 8.05. The highest BCUT2D eigenvalue weighted by atomic mass is 16.5. The number of para-hydroxylation sites is 1. The lowest BCUT2D eigenvalue weighted by Crippen LogP contribution is -2.43. The van der Waals surface area contributed by atoms with Crippen molar-refractivity contribution >= 4 is 23.3 Å². The van der Waals surface area contributed by atoms with E-state index < -0.39 is 5.41 Å². The van der Waals surface area contributed by atoms with E-state index in [2.05, 4.69) is 24.3 Å². The Kier molecular flexibility index (Phi) is 6.95. The topological polar surface area (TPSA) is 51.1 Å². The molecule has 5 heteroatoms. The van der Waals surface area contributed by atoms with Crippen molar-refractivity contribution in [1.82, 2.24) is 0 Å². The Bertz CT molecular complexity index is 1580. The summed E-state index contributed by atoms with van der Waals surface area (Å²) < 4.78 is 11.3. The maximum Gasteiger partial charge on any atom is 0.177 e. The third kappa shape index (κ3) is 4.37. The van der Waals surface area contributed by atoms with E-state index in [1.807, 2.05) is 96.0 Å². The number of fused-ring (bicyclic) bond motifs is 1. The second-order valence-corrected chi connectivity index (χ2v) is 10.2. The third-order valence-electron chi connectivity index (χ3n) is 8.05. The summed E-state index contributed by atoms with van der Waals surface area (Å²) in [7, 11) is 3.27. The SMILES string of the molecule is COc1ccc(C2N(c3ccccc3)N=C(/C=C/c3ccccc3)C23CCCc2ccccc2C3=O)cc1OC. The molecule has 1 aliphatic carbocycles. The molecular formula is C35H32N2O3. The van der Waals surface area contributed by atoms with Gasteiger partial charge >= 0.3 is 0 Å². The number of hydrazone groups is 1. The number of hydrogen-bond donors (Lipinski definition) is 0. The maximum atomic E-state index is 14.9. The summed E-state index contributed by atoms with van der Waals surface area (Å²) in [5.74, 6) is 1.38. The quantitative estimate of drug-likeness (QED) is 0.259. The molecule has 0 saturated heterocycles. The fourth-order valence-electron chi connectivity index (χ4n) is 6.15. The first-order valence-electron chi connectivity index (χ1n) is 13.7. The summed E-state index contributed by atoms with van der Waals surface area (Å²) in [6.07, 6.45) is 6.49. The molecule has 0 aromatic heterocycles. The lowest BCUT2D eigenvalue weighted by Gasteiger charge is -2.37. The van der Waals surface area contributed by atoms with Crippen LogP contribution in [0.1, 0.15) is 45.9 Å². The molecular weight excluding hydrogens is 496 g/mol. The second kappa shape index (κ2) is 10.9. The van der Waals surface area contributed by atoms with Gasteiger partial charge in [-0.3, -0.25) is 9.80 Å². The van der Waals surface area contributed by atoms with E-state index in [4.69, 9.17) is 14.6 Å². The molecule has 6 rings (SSSR count). The molecule has 2 aliphatic rings. The van der Waals surface area contributed by atoms with Crippen LogP contribution in [0.15, 0.2) is 114 Å². The molecule has 0 radical (unpaired) electrons. The molecule has 0 fully saturated rings. The highest BCUT2D eigenvalue weighted by Crippen LogP contribution is 2.54. The van der Waals surface area contributed by atoms with E-state index in [1.165, 1.54) is 0 Å². The van der Waals surface area contributed by atoms with Crippen LogP contribution in [0.2, 0.25) is 0 Å². The number of nitrogens with zero attached hydrogens (tertiary/aromatic N) is 2. The minimum Gasteiger partial charge on any atom is -0.493 e. The summed E-state index contributed by atoms with van der Waals surface area (Å²) >= 11 is 0. The van der Waals surface area contributed by atoms with Crippen molar-refractivity contribution < 1.29 is 14.3 Å². The number of ether oxygens (including phenoxy) is 2. The highest BCUT2D eigenvalue weighted by Gasteiger charge is 2.57. The summed E-state index contributed by atoms with van der Waals surface area (Å²) in [4.78, 5) is 14.9. The molecule has 4 aromatic rings. The van der Waals surface area contributed by atoms with Crippen molar-refractivity contribution in [2.45, 2.75) is 25.3 Å². The van der Waals surface area contributed by atoms with Crippen LogP contribution >= 0.6 is 0 Å². The van der Waals surface area contributed by atoms with Gasteiger partial charge in [0.1, 0.15) is 5.41 Å². The van der Waals surface area contributed by atoms with Gasteiger partial charge in [0.25, 0.3) is 0 Å². The van der Waals surface area contributed by atoms with Gasteiger partial charge in [0.2, 0.25) is 0 Å². The van der Waals surface area contributed by atoms with Crippen molar-refractivity contribution in [3.8, 4) is 11.5 Å². The second-order valence-electron chi connectivity index (χ2n) is 10.2. The Hall–Kier alpha value is -4.64. The van der Waals surface area contributed by atoms with Gasteiger partial charge in [-0.05, 0) is 66.3 Å². The molecule has 1 spiro atoms. The van der Waals surface area contributed by atoms with E-state index in [-0.39, 0.29) is 11.8 Å². The Morgan fingerprint density at radius 2 is 1.52 bits per heavy atom. The molecule has 0 N–H and O–H groups in total. The number of anilines is 1. The van der Waals surface area contributed by atoms with Crippen LogP contribution in [0.5, 0.6) is 11.5 Å². The number of rotatable bonds is 6. The number of carbonyl (C=O) groups is 1. The van der Waals surface area contributed by atoms with Crippen LogP contribution in [0.25, 0.3) is 6.08 Å². The normalized spacial score (nSPS) is 20.4. The summed E-state index contributed by atoms with van der Waals surface area (Å²) in [5.41, 5.74) is 4.66. The van der Waals surface area contributed by atoms with Gasteiger partial charge in [-0.25, -0.2) is 0 Å². The Balaban J connectivity index is 1.60. The number of ketones is 1. The van der Waals surface area contributed by atoms with Crippen LogP contribution in [0, 0.1) is 5.41 Å². The van der Waals surface area contributed by atoms with Crippen LogP contribution in [0.4, 0.5) is 5.69 Å². The monoisotopic (exact) mass is 528 g/mol. The summed E-state index contributed by atoms with van der Waals surface area (Å²) in [5, 5.41) is 7.27. The number of carbonyl (C=O) groups excluding carboxylic acids is 1. The molecule has 1 heterocycles. The van der Waals surface area contributed by atoms with Crippen molar-refractivity contribution in [2.75, 3.05) is 19.2 Å². The van der Waals surface area contributed by atoms with Gasteiger partial charge in [0.05, 0.1) is 31.7 Å². The number of aryl methyl sites for hydroxylation is 1. The average Bonchev–Trinajstić information content (AvgIpc) is 3.27. The van der Waals surface area contributed by atoms with E-state index in [1.54, 1.807) is 14.2 Å². The zero-order valence-electron chi connectivity index (χ0n) is 22.8. The van der Waals surface area contributed by atoms with Crippen molar-refractivity contribution in [2.24, 2.45) is 10.5 Å². The predicted molar refractivity (Wildman–Crippen MR) is 160 cm³/mol. The zero-order chi connectivity index (χ0) is 27.5. The van der Waals surface area contributed by atoms with Crippen LogP contribution in [0.3, 0.4) is 0 Å². The first-order chi connectivity index (χ1) is 19.7. The Morgan fingerprint density at radius 3 is 2.27 bits per heavy atom. The molecule has 4 aromatic carbocycles. The fraction of sp³-hybridized carbons (Fsp3) is 0.200. The number of methoxy groups -OCH3 is 2. The average molecular weight is 529 g/mol. The standard InChI is InChI=1S/C35H32N2O3/c1-39-30-21-20-27(24-31(30)40-2)33-35(23-11-15-26-14-9-10-18-29(26)34(35)38)32(22-19-25-12-5-3-6-13-25)36-37(33)28-16-7-4-8-17-28/h3-10,12-14,16-22,24,33H,11,15,23H2,1-2H3/b22-19+. The van der Waals surface area contributed by atoms with Crippen molar-refractivity contribution in [3.63, 3.8) is 0 Å². The molecule has 2 atom stereocenters. The smallest absolute Gasteiger partial charge is 0.177 e. The molecule has 0 amide bonds. The molecule has 1 aliphatic heterocycles. The number of hydrogen-bond acceptors (Lipinski definition) is 5. The Morgan fingerprint density at radius 1 is 0.825 bits per heavy atom. The van der Waals surface area contributed by atoms with Gasteiger partial charge < -0.3 is 9.47 Å². The molecule has 0 bridgehead atoms. The van der Waals surface area contributed by atoms with Crippen molar-refractivity contribution in [1.29, 1.82) is 0 Å². The molecule has 5 nitrogen and oxygen atoms in total. The van der Waals surface area contributed by atoms with E-state index in [0.29, 0.717) is 17.9 Å². The zero-order valence-corrected chi connectivity index (χ0v) is 22.8. The Labute approximate surface area is 235 Å². The van der Waals surface area contributed by atoms with Gasteiger partial charge in [0, 0.05) is 5.56 Å². The first-order valence-corrected chi connectivity index (χ1v) is 13.7. The molecule has 40 heavy (non-hydrogen) atoms. The maximum absolute atomic E-state index is 14.9. The molecule has 200 valence electrons. The van der Waals surface area contributed by atoms with Crippen LogP contribution in [-0.4, -0.2) is 25.7 Å². The number of allylic oxidation sites excluding steroid dienone is 1. The van der Waals surface area contributed by atoms with Crippen LogP contribution < -0.4 is 14.5 Å². The van der Waals surface area contributed by atoms with Crippen molar-refractivity contribution in [3.05, 3.63) is 131 Å². The van der Waals surface area contributed by atoms with Crippen LogP contribution in [-0.2, 0) is 6.42 Å². The van der Waals surface area contributed by atoms with Gasteiger partial charge in [-0.15, -0.1) is 0 Å². The molecule has 0 saturated carbocycles. The van der Waals surface area contributed by atoms with Gasteiger partial charge in [-0.2, -0.15) is 5.10 Å². The lowest BCUT2D eigenvalue weighted by atomic mass is 9.67. The predicted octanol–water partition coefficient (Wildman–Crippen LogP) is 7.54. The van der Waals surface area contributed by atoms with Gasteiger partial charge in [0.15, 0.2) is 17.3 Å². The minimum atomic E-state index is -0.909. The van der Waals surface area contributed by atoms with Gasteiger partial charge in [-0.1, -0.05) is 84.9 Å². The van der Waals surface area contributed by atoms with E-state index in [9.17, 15) is 4.79 Å². The lowest BCUT2D eigenvalue weighted by molar-refractivity contribution is 0.0843. The first kappa shape index (κ1) is 25.6. The minimum absolute atomic E-state index is 0.107. The molecule has 2 unspecified atom stereocenters. The highest BCUT2D eigenvalue weighted by molar-refractivity contribution is 6.23. The number of Topliss-reactive ketones (excluding diaryl/α,β-unsaturated/α-hetero) is 1. The summed E-state index contributed by atoms with van der Waals surface area (Å²) in [6.45, 7) is 0.